The van der Waals surface area contributed by atoms with Gasteiger partial charge in [0.1, 0.15) is 10.6 Å². The standard InChI is InChI=1S/C18H27N7O4S2/c1-3-7-20-17(30)31-11-8-19-15-14(25(27)28)16(22-12-21-15)23-13-5-9-24(10-6-13)18(26)29-4-2/h3,12-13H,1,4-11H2,2H3,(H,20,30)(H2,19,21,22,23). The number of thiocarbonyl (C=S) groups is 1. The molecular weight excluding hydrogens is 442 g/mol. The van der Waals surface area contributed by atoms with Gasteiger partial charge < -0.3 is 25.6 Å². The van der Waals surface area contributed by atoms with E-state index in [4.69, 9.17) is 17.0 Å². The lowest BCUT2D eigenvalue weighted by Gasteiger charge is -2.31. The van der Waals surface area contributed by atoms with Crippen molar-refractivity contribution < 1.29 is 14.5 Å². The predicted octanol–water partition coefficient (Wildman–Crippen LogP) is 2.62. The first kappa shape index (κ1) is 24.6. The van der Waals surface area contributed by atoms with Crippen LogP contribution in [-0.4, -0.2) is 74.8 Å². The van der Waals surface area contributed by atoms with E-state index in [9.17, 15) is 14.9 Å². The number of aromatic nitrogens is 2. The van der Waals surface area contributed by atoms with E-state index >= 15 is 0 Å². The summed E-state index contributed by atoms with van der Waals surface area (Å²) in [5, 5.41) is 20.8. The van der Waals surface area contributed by atoms with E-state index in [0.29, 0.717) is 55.7 Å². The quantitative estimate of drug-likeness (QED) is 0.153. The molecule has 2 heterocycles. The first-order valence-electron chi connectivity index (χ1n) is 9.89. The summed E-state index contributed by atoms with van der Waals surface area (Å²) in [4.78, 5) is 32.7. The van der Waals surface area contributed by atoms with Crippen LogP contribution in [0.3, 0.4) is 0 Å². The van der Waals surface area contributed by atoms with Crippen LogP contribution in [0.5, 0.6) is 0 Å². The summed E-state index contributed by atoms with van der Waals surface area (Å²) in [6.07, 6.45) is 3.93. The smallest absolute Gasteiger partial charge is 0.409 e. The highest BCUT2D eigenvalue weighted by Crippen LogP contribution is 2.30. The molecule has 31 heavy (non-hydrogen) atoms. The van der Waals surface area contributed by atoms with E-state index in [1.165, 1.54) is 18.1 Å². The molecule has 1 fully saturated rings. The van der Waals surface area contributed by atoms with Gasteiger partial charge in [0.25, 0.3) is 0 Å². The zero-order valence-corrected chi connectivity index (χ0v) is 19.0. The minimum Gasteiger partial charge on any atom is -0.450 e. The van der Waals surface area contributed by atoms with Gasteiger partial charge in [0.05, 0.1) is 11.5 Å². The summed E-state index contributed by atoms with van der Waals surface area (Å²) in [5.41, 5.74) is -0.201. The van der Waals surface area contributed by atoms with Crippen molar-refractivity contribution in [3.63, 3.8) is 0 Å². The van der Waals surface area contributed by atoms with Crippen LogP contribution < -0.4 is 16.0 Å². The molecule has 0 saturated carbocycles. The Bertz CT molecular complexity index is 788. The van der Waals surface area contributed by atoms with Crippen molar-refractivity contribution in [2.75, 3.05) is 49.2 Å². The van der Waals surface area contributed by atoms with E-state index in [1.807, 2.05) is 0 Å². The molecule has 2 rings (SSSR count). The van der Waals surface area contributed by atoms with Crippen LogP contribution in [0.2, 0.25) is 0 Å². The molecular formula is C18H27N7O4S2. The van der Waals surface area contributed by atoms with Gasteiger partial charge in [0, 0.05) is 38.0 Å². The first-order chi connectivity index (χ1) is 15.0. The molecule has 0 atom stereocenters. The Hall–Kier alpha value is -2.67. The van der Waals surface area contributed by atoms with Gasteiger partial charge in [-0.15, -0.1) is 6.58 Å². The third-order valence-corrected chi connectivity index (χ3v) is 5.70. The number of likely N-dealkylation sites (tertiary alicyclic amines) is 1. The number of nitro groups is 1. The highest BCUT2D eigenvalue weighted by Gasteiger charge is 2.28. The van der Waals surface area contributed by atoms with Crippen LogP contribution in [0.4, 0.5) is 22.1 Å². The Kier molecular flexibility index (Phi) is 10.2. The monoisotopic (exact) mass is 469 g/mol. The van der Waals surface area contributed by atoms with E-state index in [1.54, 1.807) is 17.9 Å². The van der Waals surface area contributed by atoms with E-state index < -0.39 is 4.92 Å². The molecule has 1 saturated heterocycles. The Morgan fingerprint density at radius 3 is 2.81 bits per heavy atom. The lowest BCUT2D eigenvalue weighted by molar-refractivity contribution is -0.383. The third kappa shape index (κ3) is 7.83. The van der Waals surface area contributed by atoms with Gasteiger partial charge in [0.15, 0.2) is 0 Å². The van der Waals surface area contributed by atoms with Crippen molar-refractivity contribution in [3.05, 3.63) is 29.1 Å². The summed E-state index contributed by atoms with van der Waals surface area (Å²) < 4.78 is 5.65. The van der Waals surface area contributed by atoms with Crippen molar-refractivity contribution in [1.82, 2.24) is 20.2 Å². The minimum absolute atomic E-state index is 0.0454. The number of hydrogen-bond acceptors (Lipinski definition) is 10. The topological polar surface area (TPSA) is 135 Å². The molecule has 0 spiro atoms. The number of piperidine rings is 1. The van der Waals surface area contributed by atoms with Crippen molar-refractivity contribution >= 4 is 51.7 Å². The van der Waals surface area contributed by atoms with Gasteiger partial charge in [-0.3, -0.25) is 10.1 Å². The average molecular weight is 470 g/mol. The number of amides is 1. The predicted molar refractivity (Wildman–Crippen MR) is 126 cm³/mol. The second kappa shape index (κ2) is 12.9. The highest BCUT2D eigenvalue weighted by molar-refractivity contribution is 8.22. The number of nitrogens with one attached hydrogen (secondary N) is 3. The molecule has 1 aliphatic rings. The fourth-order valence-electron chi connectivity index (χ4n) is 2.92. The fraction of sp³-hybridized carbons (Fsp3) is 0.556. The number of thioether (sulfide) groups is 1. The highest BCUT2D eigenvalue weighted by atomic mass is 32.2. The SMILES string of the molecule is C=CCNC(=S)SCCNc1ncnc(NC2CCN(C(=O)OCC)CC2)c1[N+](=O)[O-]. The van der Waals surface area contributed by atoms with Crippen molar-refractivity contribution in [3.8, 4) is 0 Å². The average Bonchev–Trinajstić information content (AvgIpc) is 2.75. The fourth-order valence-corrected chi connectivity index (χ4v) is 3.83. The van der Waals surface area contributed by atoms with Gasteiger partial charge in [-0.05, 0) is 19.8 Å². The summed E-state index contributed by atoms with van der Waals surface area (Å²) in [5.74, 6) is 0.920. The second-order valence-corrected chi connectivity index (χ2v) is 8.29. The molecule has 11 nitrogen and oxygen atoms in total. The largest absolute Gasteiger partial charge is 0.450 e. The number of carbonyl (C=O) groups excluding carboxylic acids is 1. The third-order valence-electron chi connectivity index (χ3n) is 4.39. The minimum atomic E-state index is -0.498. The lowest BCUT2D eigenvalue weighted by atomic mass is 10.1. The van der Waals surface area contributed by atoms with Gasteiger partial charge in [-0.25, -0.2) is 14.8 Å². The molecule has 0 aliphatic carbocycles. The van der Waals surface area contributed by atoms with Crippen LogP contribution >= 0.6 is 24.0 Å². The van der Waals surface area contributed by atoms with Crippen LogP contribution in [0, 0.1) is 10.1 Å². The van der Waals surface area contributed by atoms with Crippen molar-refractivity contribution in [2.45, 2.75) is 25.8 Å². The molecule has 13 heteroatoms. The Balaban J connectivity index is 1.93. The van der Waals surface area contributed by atoms with Gasteiger partial charge in [0.2, 0.25) is 11.6 Å². The number of nitrogens with zero attached hydrogens (tertiary/aromatic N) is 4. The van der Waals surface area contributed by atoms with Gasteiger partial charge in [-0.1, -0.05) is 30.1 Å². The molecule has 1 aromatic heterocycles. The Labute approximate surface area is 190 Å². The molecule has 1 aliphatic heterocycles. The second-order valence-electron chi connectivity index (χ2n) is 6.51. The lowest BCUT2D eigenvalue weighted by Crippen LogP contribution is -2.42. The first-order valence-corrected chi connectivity index (χ1v) is 11.3. The Morgan fingerprint density at radius 1 is 1.45 bits per heavy atom. The van der Waals surface area contributed by atoms with Crippen molar-refractivity contribution in [2.24, 2.45) is 0 Å². The zero-order valence-electron chi connectivity index (χ0n) is 17.3. The summed E-state index contributed by atoms with van der Waals surface area (Å²) >= 11 is 6.59. The molecule has 0 bridgehead atoms. The molecule has 1 aromatic rings. The Morgan fingerprint density at radius 2 is 2.16 bits per heavy atom. The molecule has 0 unspecified atom stereocenters. The van der Waals surface area contributed by atoms with Crippen LogP contribution in [0.25, 0.3) is 0 Å². The molecule has 1 amide bonds. The molecule has 170 valence electrons. The molecule has 0 aromatic carbocycles. The van der Waals surface area contributed by atoms with Crippen LogP contribution in [0.15, 0.2) is 19.0 Å². The van der Waals surface area contributed by atoms with Gasteiger partial charge in [-0.2, -0.15) is 0 Å². The number of ether oxygens (including phenoxy) is 1. The number of hydrogen-bond donors (Lipinski definition) is 3. The van der Waals surface area contributed by atoms with Gasteiger partial charge >= 0.3 is 11.8 Å². The summed E-state index contributed by atoms with van der Waals surface area (Å²) in [7, 11) is 0. The normalized spacial score (nSPS) is 13.9. The maximum absolute atomic E-state index is 11.8. The molecule has 0 radical (unpaired) electrons. The van der Waals surface area contributed by atoms with Crippen molar-refractivity contribution in [1.29, 1.82) is 0 Å². The van der Waals surface area contributed by atoms with Crippen LogP contribution in [-0.2, 0) is 4.74 Å². The van der Waals surface area contributed by atoms with Crippen LogP contribution in [0.1, 0.15) is 19.8 Å². The van der Waals surface area contributed by atoms with E-state index in [-0.39, 0.29) is 29.5 Å². The number of rotatable bonds is 10. The zero-order chi connectivity index (χ0) is 22.6. The molecule has 3 N–H and O–H groups in total. The maximum atomic E-state index is 11.8. The number of carbonyl (C=O) groups is 1. The summed E-state index contributed by atoms with van der Waals surface area (Å²) in [6.45, 7) is 7.76. The maximum Gasteiger partial charge on any atom is 0.409 e. The van der Waals surface area contributed by atoms with E-state index in [0.717, 1.165) is 0 Å². The van der Waals surface area contributed by atoms with E-state index in [2.05, 4.69) is 32.5 Å². The number of anilines is 2. The summed E-state index contributed by atoms with van der Waals surface area (Å²) in [6, 6.07) is -0.0454.